The molecular weight excluding hydrogens is 212 g/mol. The summed E-state index contributed by atoms with van der Waals surface area (Å²) in [5.41, 5.74) is 9.00. The van der Waals surface area contributed by atoms with Crippen molar-refractivity contribution in [3.05, 3.63) is 23.3 Å². The minimum atomic E-state index is 0.542. The van der Waals surface area contributed by atoms with E-state index in [1.54, 1.807) is 0 Å². The van der Waals surface area contributed by atoms with Crippen LogP contribution in [0.3, 0.4) is 0 Å². The predicted octanol–water partition coefficient (Wildman–Crippen LogP) is 2.17. The van der Waals surface area contributed by atoms with E-state index < -0.39 is 0 Å². The molecule has 0 saturated heterocycles. The first-order valence-electron chi connectivity index (χ1n) is 6.26. The lowest BCUT2D eigenvalue weighted by Crippen LogP contribution is -2.01. The first-order valence-corrected chi connectivity index (χ1v) is 6.26. The molecule has 4 nitrogen and oxygen atoms in total. The van der Waals surface area contributed by atoms with Crippen LogP contribution >= 0.6 is 0 Å². The van der Waals surface area contributed by atoms with E-state index in [-0.39, 0.29) is 0 Å². The van der Waals surface area contributed by atoms with E-state index in [2.05, 4.69) is 34.6 Å². The summed E-state index contributed by atoms with van der Waals surface area (Å²) >= 11 is 0. The highest BCUT2D eigenvalue weighted by molar-refractivity contribution is 5.82. The highest BCUT2D eigenvalue weighted by Gasteiger charge is 2.12. The van der Waals surface area contributed by atoms with Gasteiger partial charge in [-0.15, -0.1) is 0 Å². The van der Waals surface area contributed by atoms with Gasteiger partial charge in [-0.05, 0) is 25.8 Å². The van der Waals surface area contributed by atoms with Crippen LogP contribution in [0.4, 0.5) is 0 Å². The number of nitrogens with zero attached hydrogens (tertiary/aromatic N) is 3. The normalized spacial score (nSPS) is 11.3. The quantitative estimate of drug-likeness (QED) is 0.879. The molecule has 0 fully saturated rings. The molecule has 0 saturated carbocycles. The molecule has 0 radical (unpaired) electrons. The van der Waals surface area contributed by atoms with Gasteiger partial charge in [-0.3, -0.25) is 0 Å². The van der Waals surface area contributed by atoms with Crippen molar-refractivity contribution in [3.63, 3.8) is 0 Å². The minimum absolute atomic E-state index is 0.542. The van der Waals surface area contributed by atoms with E-state index in [9.17, 15) is 0 Å². The fourth-order valence-corrected chi connectivity index (χ4v) is 2.24. The highest BCUT2D eigenvalue weighted by atomic mass is 15.1. The van der Waals surface area contributed by atoms with E-state index in [1.807, 2.05) is 6.92 Å². The van der Waals surface area contributed by atoms with Crippen LogP contribution in [-0.4, -0.2) is 14.5 Å². The van der Waals surface area contributed by atoms with Crippen LogP contribution < -0.4 is 5.73 Å². The lowest BCUT2D eigenvalue weighted by molar-refractivity contribution is 0.768. The molecule has 0 aromatic carbocycles. The Bertz CT molecular complexity index is 528. The lowest BCUT2D eigenvalue weighted by atomic mass is 10.2. The number of rotatable bonds is 4. The summed E-state index contributed by atoms with van der Waals surface area (Å²) in [6.45, 7) is 7.77. The molecule has 0 aliphatic rings. The van der Waals surface area contributed by atoms with Gasteiger partial charge in [0.15, 0.2) is 0 Å². The van der Waals surface area contributed by atoms with E-state index in [1.165, 1.54) is 0 Å². The van der Waals surface area contributed by atoms with Crippen molar-refractivity contribution in [3.8, 4) is 0 Å². The number of nitrogens with two attached hydrogens (primary N) is 1. The molecule has 0 amide bonds. The molecule has 0 aliphatic heterocycles. The molecule has 0 aliphatic carbocycles. The Morgan fingerprint density at radius 3 is 2.65 bits per heavy atom. The molecule has 2 heterocycles. The molecule has 17 heavy (non-hydrogen) atoms. The van der Waals surface area contributed by atoms with Gasteiger partial charge in [-0.25, -0.2) is 9.97 Å². The molecule has 0 bridgehead atoms. The van der Waals surface area contributed by atoms with Gasteiger partial charge in [0.05, 0.1) is 5.69 Å². The number of aryl methyl sites for hydroxylation is 3. The number of fused-ring (bicyclic) bond motifs is 1. The van der Waals surface area contributed by atoms with Crippen molar-refractivity contribution >= 4 is 11.0 Å². The van der Waals surface area contributed by atoms with Crippen LogP contribution in [-0.2, 0) is 19.5 Å². The summed E-state index contributed by atoms with van der Waals surface area (Å²) in [5, 5.41) is 1.13. The second-order valence-electron chi connectivity index (χ2n) is 4.32. The third kappa shape index (κ3) is 2.05. The molecule has 0 unspecified atom stereocenters. The molecule has 4 heteroatoms. The summed E-state index contributed by atoms with van der Waals surface area (Å²) in [6, 6.07) is 0. The van der Waals surface area contributed by atoms with Gasteiger partial charge in [0.2, 0.25) is 0 Å². The average molecular weight is 232 g/mol. The fraction of sp³-hybridized carbons (Fsp3) is 0.538. The molecular formula is C13H20N4. The molecule has 2 N–H and O–H groups in total. The fourth-order valence-electron chi connectivity index (χ4n) is 2.24. The lowest BCUT2D eigenvalue weighted by Gasteiger charge is -2.04. The second-order valence-corrected chi connectivity index (χ2v) is 4.32. The summed E-state index contributed by atoms with van der Waals surface area (Å²) < 4.78 is 2.16. The average Bonchev–Trinajstić information content (AvgIpc) is 2.68. The van der Waals surface area contributed by atoms with Crippen LogP contribution in [0.15, 0.2) is 6.20 Å². The Labute approximate surface area is 102 Å². The predicted molar refractivity (Wildman–Crippen MR) is 69.8 cm³/mol. The van der Waals surface area contributed by atoms with Crippen molar-refractivity contribution in [1.29, 1.82) is 0 Å². The van der Waals surface area contributed by atoms with Gasteiger partial charge in [0, 0.05) is 31.1 Å². The van der Waals surface area contributed by atoms with E-state index in [4.69, 9.17) is 5.73 Å². The Hall–Kier alpha value is -1.42. The highest BCUT2D eigenvalue weighted by Crippen LogP contribution is 2.22. The smallest absolute Gasteiger partial charge is 0.144 e. The largest absolute Gasteiger partial charge is 0.332 e. The van der Waals surface area contributed by atoms with Crippen LogP contribution in [0.1, 0.15) is 37.4 Å². The minimum Gasteiger partial charge on any atom is -0.332 e. The second kappa shape index (κ2) is 4.84. The summed E-state index contributed by atoms with van der Waals surface area (Å²) in [7, 11) is 0. The van der Waals surface area contributed by atoms with Gasteiger partial charge < -0.3 is 10.3 Å². The maximum absolute atomic E-state index is 5.78. The zero-order valence-electron chi connectivity index (χ0n) is 10.8. The Kier molecular flexibility index (Phi) is 3.43. The van der Waals surface area contributed by atoms with Crippen molar-refractivity contribution in [2.75, 3.05) is 0 Å². The first-order chi connectivity index (χ1) is 8.21. The van der Waals surface area contributed by atoms with Crippen molar-refractivity contribution in [2.24, 2.45) is 5.73 Å². The van der Waals surface area contributed by atoms with Crippen molar-refractivity contribution < 1.29 is 0 Å². The summed E-state index contributed by atoms with van der Waals surface area (Å²) in [5.74, 6) is 0.939. The Balaban J connectivity index is 2.68. The molecule has 0 spiro atoms. The van der Waals surface area contributed by atoms with Crippen molar-refractivity contribution in [2.45, 2.75) is 46.7 Å². The van der Waals surface area contributed by atoms with E-state index in [0.717, 1.165) is 47.5 Å². The van der Waals surface area contributed by atoms with Crippen LogP contribution in [0.5, 0.6) is 0 Å². The van der Waals surface area contributed by atoms with Crippen LogP contribution in [0.25, 0.3) is 11.0 Å². The number of hydrogen-bond donors (Lipinski definition) is 1. The SMILES string of the molecule is CCCc1nc(C)c2c(CN)cn(CC)c2n1. The third-order valence-corrected chi connectivity index (χ3v) is 3.06. The molecule has 2 rings (SSSR count). The topological polar surface area (TPSA) is 56.7 Å². The molecule has 2 aromatic rings. The first kappa shape index (κ1) is 12.0. The van der Waals surface area contributed by atoms with Crippen molar-refractivity contribution in [1.82, 2.24) is 14.5 Å². The van der Waals surface area contributed by atoms with E-state index >= 15 is 0 Å². The Morgan fingerprint density at radius 1 is 1.29 bits per heavy atom. The number of aromatic nitrogens is 3. The maximum atomic E-state index is 5.78. The van der Waals surface area contributed by atoms with Gasteiger partial charge in [-0.1, -0.05) is 6.92 Å². The molecule has 92 valence electrons. The van der Waals surface area contributed by atoms with Gasteiger partial charge in [-0.2, -0.15) is 0 Å². The van der Waals surface area contributed by atoms with Crippen LogP contribution in [0, 0.1) is 6.92 Å². The molecule has 2 aromatic heterocycles. The van der Waals surface area contributed by atoms with Crippen LogP contribution in [0.2, 0.25) is 0 Å². The summed E-state index contributed by atoms with van der Waals surface area (Å²) in [6.07, 6.45) is 4.10. The van der Waals surface area contributed by atoms with Gasteiger partial charge in [0.25, 0.3) is 0 Å². The zero-order chi connectivity index (χ0) is 12.4. The van der Waals surface area contributed by atoms with Gasteiger partial charge in [0.1, 0.15) is 11.5 Å². The summed E-state index contributed by atoms with van der Waals surface area (Å²) in [4.78, 5) is 9.23. The monoisotopic (exact) mass is 232 g/mol. The number of hydrogen-bond acceptors (Lipinski definition) is 3. The van der Waals surface area contributed by atoms with E-state index in [0.29, 0.717) is 6.54 Å². The maximum Gasteiger partial charge on any atom is 0.144 e. The van der Waals surface area contributed by atoms with Gasteiger partial charge >= 0.3 is 0 Å². The molecule has 0 atom stereocenters. The zero-order valence-corrected chi connectivity index (χ0v) is 10.8. The standard InChI is InChI=1S/C13H20N4/c1-4-6-11-15-9(3)12-10(7-14)8-17(5-2)13(12)16-11/h8H,4-7,14H2,1-3H3. The Morgan fingerprint density at radius 2 is 2.06 bits per heavy atom. The third-order valence-electron chi connectivity index (χ3n) is 3.06.